The first kappa shape index (κ1) is 24.4. The van der Waals surface area contributed by atoms with Gasteiger partial charge in [-0.25, -0.2) is 0 Å². The molecule has 7 heteroatoms. The largest absolute Gasteiger partial charge is 0.497 e. The zero-order chi connectivity index (χ0) is 25.9. The van der Waals surface area contributed by atoms with E-state index >= 15 is 0 Å². The lowest BCUT2D eigenvalue weighted by molar-refractivity contribution is -0.132. The molecule has 0 amide bonds. The Bertz CT molecular complexity index is 1350. The van der Waals surface area contributed by atoms with Crippen LogP contribution in [0.3, 0.4) is 0 Å². The average Bonchev–Trinajstić information content (AvgIpc) is 3.06. The molecule has 3 aromatic carbocycles. The van der Waals surface area contributed by atoms with E-state index in [1.807, 2.05) is 67.6 Å². The zero-order valence-electron chi connectivity index (χ0n) is 21.1. The fourth-order valence-corrected chi connectivity index (χ4v) is 5.07. The number of benzene rings is 3. The van der Waals surface area contributed by atoms with Crippen molar-refractivity contribution in [2.45, 2.75) is 32.2 Å². The van der Waals surface area contributed by atoms with Crippen molar-refractivity contribution in [2.24, 2.45) is 5.92 Å². The smallest absolute Gasteiger partial charge is 0.308 e. The summed E-state index contributed by atoms with van der Waals surface area (Å²) >= 11 is 0. The summed E-state index contributed by atoms with van der Waals surface area (Å²) in [7, 11) is 1.64. The molecular weight excluding hydrogens is 468 g/mol. The number of para-hydroxylation sites is 2. The number of fused-ring (bicyclic) bond motifs is 2. The maximum atomic E-state index is 13.8. The summed E-state index contributed by atoms with van der Waals surface area (Å²) in [5.41, 5.74) is 4.60. The van der Waals surface area contributed by atoms with Gasteiger partial charge >= 0.3 is 5.97 Å². The van der Waals surface area contributed by atoms with Crippen molar-refractivity contribution in [3.05, 3.63) is 89.6 Å². The van der Waals surface area contributed by atoms with Gasteiger partial charge in [-0.1, -0.05) is 36.4 Å². The van der Waals surface area contributed by atoms with Crippen LogP contribution in [0, 0.1) is 5.92 Å². The van der Waals surface area contributed by atoms with Crippen LogP contribution < -0.4 is 24.8 Å². The summed E-state index contributed by atoms with van der Waals surface area (Å²) in [5, 5.41) is 7.14. The van der Waals surface area contributed by atoms with Crippen LogP contribution in [-0.2, 0) is 9.59 Å². The number of esters is 1. The highest BCUT2D eigenvalue weighted by molar-refractivity contribution is 5.90. The number of methoxy groups -OCH3 is 1. The highest BCUT2D eigenvalue weighted by Gasteiger charge is 2.40. The number of rotatable bonds is 6. The number of hydrogen-bond acceptors (Lipinski definition) is 7. The van der Waals surface area contributed by atoms with Gasteiger partial charge in [-0.3, -0.25) is 9.59 Å². The predicted molar refractivity (Wildman–Crippen MR) is 142 cm³/mol. The molecule has 1 heterocycles. The zero-order valence-corrected chi connectivity index (χ0v) is 21.1. The lowest BCUT2D eigenvalue weighted by atomic mass is 9.76. The number of nitrogens with one attached hydrogen (secondary N) is 2. The quantitative estimate of drug-likeness (QED) is 0.325. The third kappa shape index (κ3) is 5.03. The Morgan fingerprint density at radius 1 is 0.973 bits per heavy atom. The van der Waals surface area contributed by atoms with E-state index in [2.05, 4.69) is 16.7 Å². The molecule has 0 saturated carbocycles. The van der Waals surface area contributed by atoms with Crippen LogP contribution in [0.4, 0.5) is 11.4 Å². The molecule has 7 nitrogen and oxygen atoms in total. The molecule has 0 bridgehead atoms. The molecule has 190 valence electrons. The monoisotopic (exact) mass is 498 g/mol. The topological polar surface area (TPSA) is 85.9 Å². The highest BCUT2D eigenvalue weighted by Crippen LogP contribution is 2.45. The van der Waals surface area contributed by atoms with Crippen molar-refractivity contribution in [3.63, 3.8) is 0 Å². The number of carbonyl (C=O) groups excluding carboxylic acids is 2. The highest BCUT2D eigenvalue weighted by atomic mass is 16.6. The molecule has 2 aliphatic rings. The minimum absolute atomic E-state index is 0.0478. The van der Waals surface area contributed by atoms with Crippen LogP contribution in [0.25, 0.3) is 0 Å². The second-order valence-corrected chi connectivity index (χ2v) is 9.18. The van der Waals surface area contributed by atoms with Gasteiger partial charge in [0.05, 0.1) is 37.1 Å². The number of hydrogen-bond donors (Lipinski definition) is 2. The van der Waals surface area contributed by atoms with Crippen molar-refractivity contribution in [2.75, 3.05) is 24.4 Å². The predicted octanol–water partition coefficient (Wildman–Crippen LogP) is 5.85. The van der Waals surface area contributed by atoms with E-state index in [9.17, 15) is 9.59 Å². The first-order valence-electron chi connectivity index (χ1n) is 12.4. The molecule has 3 unspecified atom stereocenters. The van der Waals surface area contributed by atoms with Gasteiger partial charge in [0.1, 0.15) is 11.5 Å². The number of carbonyl (C=O) groups is 2. The van der Waals surface area contributed by atoms with Gasteiger partial charge in [0, 0.05) is 25.0 Å². The van der Waals surface area contributed by atoms with Crippen molar-refractivity contribution in [1.29, 1.82) is 0 Å². The first-order chi connectivity index (χ1) is 18.0. The Balaban J connectivity index is 1.58. The van der Waals surface area contributed by atoms with Crippen molar-refractivity contribution >= 4 is 23.1 Å². The normalized spacial score (nSPS) is 20.2. The standard InChI is InChI=1S/C30H30N2O5/c1-4-36-28-17-20(11-14-27(28)37-18(2)33)30-29-25(31-23-7-5-6-8-24(23)32-30)15-21(16-26(29)34)19-9-12-22(35-3)13-10-19/h5-15,17,21,29-32H,4,16H2,1-3H3. The molecule has 0 spiro atoms. The Morgan fingerprint density at radius 3 is 2.41 bits per heavy atom. The molecule has 0 aromatic heterocycles. The van der Waals surface area contributed by atoms with Gasteiger partial charge in [-0.05, 0) is 54.4 Å². The Labute approximate surface area is 216 Å². The lowest BCUT2D eigenvalue weighted by Gasteiger charge is -2.32. The summed E-state index contributed by atoms with van der Waals surface area (Å²) in [6.45, 7) is 3.65. The maximum absolute atomic E-state index is 13.8. The van der Waals surface area contributed by atoms with E-state index in [4.69, 9.17) is 14.2 Å². The van der Waals surface area contributed by atoms with Crippen LogP contribution in [-0.4, -0.2) is 25.5 Å². The van der Waals surface area contributed by atoms with Gasteiger partial charge < -0.3 is 24.8 Å². The fraction of sp³-hybridized carbons (Fsp3) is 0.267. The van der Waals surface area contributed by atoms with E-state index < -0.39 is 11.9 Å². The molecule has 37 heavy (non-hydrogen) atoms. The van der Waals surface area contributed by atoms with E-state index in [0.29, 0.717) is 24.5 Å². The van der Waals surface area contributed by atoms with Crippen LogP contribution >= 0.6 is 0 Å². The fourth-order valence-electron chi connectivity index (χ4n) is 5.07. The van der Waals surface area contributed by atoms with Crippen molar-refractivity contribution < 1.29 is 23.8 Å². The molecule has 5 rings (SSSR count). The van der Waals surface area contributed by atoms with Crippen molar-refractivity contribution in [3.8, 4) is 17.2 Å². The lowest BCUT2D eigenvalue weighted by Crippen LogP contribution is -2.33. The molecule has 0 radical (unpaired) electrons. The molecule has 0 saturated heterocycles. The van der Waals surface area contributed by atoms with Crippen LogP contribution in [0.5, 0.6) is 17.2 Å². The van der Waals surface area contributed by atoms with E-state index in [1.165, 1.54) is 6.92 Å². The van der Waals surface area contributed by atoms with Crippen LogP contribution in [0.15, 0.2) is 78.5 Å². The van der Waals surface area contributed by atoms with Crippen molar-refractivity contribution in [1.82, 2.24) is 0 Å². The molecule has 2 N–H and O–H groups in total. The molecular formula is C30H30N2O5. The summed E-state index contributed by atoms with van der Waals surface area (Å²) in [5.74, 6) is 0.839. The Morgan fingerprint density at radius 2 is 1.70 bits per heavy atom. The van der Waals surface area contributed by atoms with Gasteiger partial charge in [-0.2, -0.15) is 0 Å². The molecule has 1 aliphatic carbocycles. The Hall–Kier alpha value is -4.26. The van der Waals surface area contributed by atoms with E-state index in [0.717, 1.165) is 33.9 Å². The second kappa shape index (κ2) is 10.4. The number of ketones is 1. The average molecular weight is 499 g/mol. The van der Waals surface area contributed by atoms with E-state index in [-0.39, 0.29) is 17.7 Å². The van der Waals surface area contributed by atoms with Gasteiger partial charge in [0.2, 0.25) is 0 Å². The SMILES string of the molecule is CCOc1cc(C2Nc3ccccc3NC3=CC(c4ccc(OC)cc4)CC(=O)C32)ccc1OC(C)=O. The van der Waals surface area contributed by atoms with Gasteiger partial charge in [0.25, 0.3) is 0 Å². The number of Topliss-reactive ketones (excluding diaryl/α,β-unsaturated/α-hetero) is 1. The third-order valence-electron chi connectivity index (χ3n) is 6.76. The summed E-state index contributed by atoms with van der Waals surface area (Å²) in [6.07, 6.45) is 2.56. The minimum Gasteiger partial charge on any atom is -0.497 e. The summed E-state index contributed by atoms with van der Waals surface area (Å²) < 4.78 is 16.4. The molecule has 0 fully saturated rings. The van der Waals surface area contributed by atoms with E-state index in [1.54, 1.807) is 13.2 Å². The Kier molecular flexibility index (Phi) is 6.86. The summed E-state index contributed by atoms with van der Waals surface area (Å²) in [4.78, 5) is 25.4. The number of ether oxygens (including phenoxy) is 3. The second-order valence-electron chi connectivity index (χ2n) is 9.18. The first-order valence-corrected chi connectivity index (χ1v) is 12.4. The molecule has 1 aliphatic heterocycles. The maximum Gasteiger partial charge on any atom is 0.308 e. The van der Waals surface area contributed by atoms with Crippen LogP contribution in [0.2, 0.25) is 0 Å². The molecule has 3 atom stereocenters. The number of anilines is 2. The molecule has 3 aromatic rings. The number of allylic oxidation sites excluding steroid dienone is 1. The third-order valence-corrected chi connectivity index (χ3v) is 6.76. The summed E-state index contributed by atoms with van der Waals surface area (Å²) in [6, 6.07) is 20.9. The van der Waals surface area contributed by atoms with Gasteiger partial charge in [-0.15, -0.1) is 0 Å². The van der Waals surface area contributed by atoms with Gasteiger partial charge in [0.15, 0.2) is 11.5 Å². The van der Waals surface area contributed by atoms with Crippen LogP contribution in [0.1, 0.15) is 43.4 Å². The minimum atomic E-state index is -0.434.